The second-order valence-corrected chi connectivity index (χ2v) is 5.55. The van der Waals surface area contributed by atoms with Crippen molar-refractivity contribution >= 4 is 11.9 Å². The van der Waals surface area contributed by atoms with Gasteiger partial charge in [0.25, 0.3) is 5.91 Å². The Morgan fingerprint density at radius 2 is 1.83 bits per heavy atom. The van der Waals surface area contributed by atoms with E-state index in [1.165, 1.54) is 36.4 Å². The lowest BCUT2D eigenvalue weighted by Gasteiger charge is -2.33. The average Bonchev–Trinajstić information content (AvgIpc) is 2.61. The molecular weight excluding hydrogens is 313 g/mol. The lowest BCUT2D eigenvalue weighted by atomic mass is 10.1. The summed E-state index contributed by atoms with van der Waals surface area (Å²) >= 11 is 0. The van der Waals surface area contributed by atoms with E-state index in [-0.39, 0.29) is 23.4 Å². The lowest BCUT2D eigenvalue weighted by Crippen LogP contribution is -2.42. The second kappa shape index (κ2) is 6.80. The Balaban J connectivity index is 1.74. The maximum atomic E-state index is 13.4. The zero-order valence-corrected chi connectivity index (χ0v) is 12.8. The van der Waals surface area contributed by atoms with Crippen molar-refractivity contribution in [1.29, 1.82) is 0 Å². The summed E-state index contributed by atoms with van der Waals surface area (Å²) in [5, 5.41) is 8.90. The molecule has 0 aromatic heterocycles. The van der Waals surface area contributed by atoms with Gasteiger partial charge >= 0.3 is 5.97 Å². The van der Waals surface area contributed by atoms with Crippen LogP contribution in [0, 0.1) is 5.82 Å². The van der Waals surface area contributed by atoms with Crippen LogP contribution in [0.2, 0.25) is 0 Å². The summed E-state index contributed by atoms with van der Waals surface area (Å²) in [5.41, 5.74) is 1.24. The molecule has 0 bridgehead atoms. The lowest BCUT2D eigenvalue weighted by molar-refractivity contribution is -0.0229. The van der Waals surface area contributed by atoms with E-state index < -0.39 is 5.97 Å². The number of amides is 1. The normalized spacial score (nSPS) is 17.5. The molecule has 1 saturated heterocycles. The van der Waals surface area contributed by atoms with Gasteiger partial charge in [0.15, 0.2) is 0 Å². The quantitative estimate of drug-likeness (QED) is 0.940. The highest BCUT2D eigenvalue weighted by Gasteiger charge is 2.26. The Bertz CT molecular complexity index is 760. The van der Waals surface area contributed by atoms with E-state index >= 15 is 0 Å². The maximum absolute atomic E-state index is 13.4. The third-order valence-corrected chi connectivity index (χ3v) is 3.95. The molecule has 6 heteroatoms. The summed E-state index contributed by atoms with van der Waals surface area (Å²) in [5.74, 6) is -1.58. The minimum absolute atomic E-state index is 0.131. The maximum Gasteiger partial charge on any atom is 0.335 e. The third kappa shape index (κ3) is 3.44. The first-order chi connectivity index (χ1) is 11.5. The number of carbonyl (C=O) groups is 2. The molecule has 0 aliphatic carbocycles. The van der Waals surface area contributed by atoms with Crippen molar-refractivity contribution in [2.45, 2.75) is 6.10 Å². The van der Waals surface area contributed by atoms with Crippen molar-refractivity contribution in [2.75, 3.05) is 19.7 Å². The van der Waals surface area contributed by atoms with Crippen LogP contribution in [0.1, 0.15) is 32.4 Å². The van der Waals surface area contributed by atoms with Crippen molar-refractivity contribution in [3.8, 4) is 0 Å². The van der Waals surface area contributed by atoms with E-state index in [1.807, 2.05) is 0 Å². The van der Waals surface area contributed by atoms with E-state index in [0.717, 1.165) is 0 Å². The number of ether oxygens (including phenoxy) is 1. The number of nitrogens with zero attached hydrogens (tertiary/aromatic N) is 1. The van der Waals surface area contributed by atoms with Crippen molar-refractivity contribution in [3.63, 3.8) is 0 Å². The van der Waals surface area contributed by atoms with Gasteiger partial charge in [0, 0.05) is 12.1 Å². The zero-order valence-electron chi connectivity index (χ0n) is 12.8. The number of halogens is 1. The highest BCUT2D eigenvalue weighted by atomic mass is 19.1. The summed E-state index contributed by atoms with van der Waals surface area (Å²) in [6.45, 7) is 1.12. The van der Waals surface area contributed by atoms with E-state index in [4.69, 9.17) is 9.84 Å². The first kappa shape index (κ1) is 16.1. The highest BCUT2D eigenvalue weighted by Crippen LogP contribution is 2.24. The van der Waals surface area contributed by atoms with Gasteiger partial charge in [0.2, 0.25) is 0 Å². The second-order valence-electron chi connectivity index (χ2n) is 5.55. The van der Waals surface area contributed by atoms with E-state index in [0.29, 0.717) is 30.8 Å². The Kier molecular flexibility index (Phi) is 4.57. The van der Waals surface area contributed by atoms with Crippen LogP contribution in [0.5, 0.6) is 0 Å². The molecule has 124 valence electrons. The van der Waals surface area contributed by atoms with E-state index in [9.17, 15) is 14.0 Å². The molecule has 5 nitrogen and oxygen atoms in total. The van der Waals surface area contributed by atoms with Gasteiger partial charge in [-0.2, -0.15) is 0 Å². The van der Waals surface area contributed by atoms with Crippen molar-refractivity contribution < 1.29 is 23.8 Å². The molecule has 24 heavy (non-hydrogen) atoms. The fraction of sp³-hybridized carbons (Fsp3) is 0.222. The van der Waals surface area contributed by atoms with E-state index in [1.54, 1.807) is 17.0 Å². The minimum atomic E-state index is -1.04. The number of hydrogen-bond acceptors (Lipinski definition) is 3. The summed E-state index contributed by atoms with van der Waals surface area (Å²) in [6, 6.07) is 11.9. The van der Waals surface area contributed by atoms with Gasteiger partial charge in [-0.25, -0.2) is 9.18 Å². The van der Waals surface area contributed by atoms with Crippen LogP contribution in [0.4, 0.5) is 4.39 Å². The molecular formula is C18H16FNO4. The fourth-order valence-electron chi connectivity index (χ4n) is 2.68. The SMILES string of the molecule is O=C(O)c1ccc(C(=O)N2CCO[C@@H](c3cccc(F)c3)C2)cc1. The van der Waals surface area contributed by atoms with Gasteiger partial charge in [-0.1, -0.05) is 12.1 Å². The molecule has 1 aliphatic rings. The van der Waals surface area contributed by atoms with Gasteiger partial charge in [-0.05, 0) is 42.0 Å². The van der Waals surface area contributed by atoms with Crippen LogP contribution in [0.25, 0.3) is 0 Å². The number of carboxylic acid groups (broad SMARTS) is 1. The number of hydrogen-bond donors (Lipinski definition) is 1. The largest absolute Gasteiger partial charge is 0.478 e. The Hall–Kier alpha value is -2.73. The Morgan fingerprint density at radius 1 is 1.12 bits per heavy atom. The Morgan fingerprint density at radius 3 is 2.50 bits per heavy atom. The van der Waals surface area contributed by atoms with Crippen molar-refractivity contribution in [2.24, 2.45) is 0 Å². The first-order valence-electron chi connectivity index (χ1n) is 7.54. The predicted molar refractivity (Wildman–Crippen MR) is 84.4 cm³/mol. The first-order valence-corrected chi connectivity index (χ1v) is 7.54. The van der Waals surface area contributed by atoms with Crippen LogP contribution in [-0.4, -0.2) is 41.6 Å². The van der Waals surface area contributed by atoms with Crippen LogP contribution in [0.15, 0.2) is 48.5 Å². The molecule has 2 aromatic rings. The van der Waals surface area contributed by atoms with E-state index in [2.05, 4.69) is 0 Å². The Labute approximate surface area is 138 Å². The minimum Gasteiger partial charge on any atom is -0.478 e. The highest BCUT2D eigenvalue weighted by molar-refractivity contribution is 5.96. The smallest absolute Gasteiger partial charge is 0.335 e. The van der Waals surface area contributed by atoms with Gasteiger partial charge in [-0.15, -0.1) is 0 Å². The zero-order chi connectivity index (χ0) is 17.1. The fourth-order valence-corrected chi connectivity index (χ4v) is 2.68. The average molecular weight is 329 g/mol. The molecule has 0 unspecified atom stereocenters. The summed E-state index contributed by atoms with van der Waals surface area (Å²) < 4.78 is 19.0. The monoisotopic (exact) mass is 329 g/mol. The number of aromatic carboxylic acids is 1. The molecule has 0 spiro atoms. The molecule has 2 aromatic carbocycles. The number of morpholine rings is 1. The van der Waals surface area contributed by atoms with Crippen LogP contribution in [-0.2, 0) is 4.74 Å². The molecule has 1 atom stereocenters. The van der Waals surface area contributed by atoms with Crippen LogP contribution < -0.4 is 0 Å². The standard InChI is InChI=1S/C18H16FNO4/c19-15-3-1-2-14(10-15)16-11-20(8-9-24-16)17(21)12-4-6-13(7-5-12)18(22)23/h1-7,10,16H,8-9,11H2,(H,22,23)/t16-/m1/s1. The van der Waals surface area contributed by atoms with Gasteiger partial charge < -0.3 is 14.7 Å². The molecule has 1 aliphatic heterocycles. The molecule has 3 rings (SSSR count). The topological polar surface area (TPSA) is 66.8 Å². The summed E-state index contributed by atoms with van der Waals surface area (Å²) in [7, 11) is 0. The number of carbonyl (C=O) groups excluding carboxylic acids is 1. The third-order valence-electron chi connectivity index (χ3n) is 3.95. The van der Waals surface area contributed by atoms with Crippen molar-refractivity contribution in [3.05, 3.63) is 71.0 Å². The summed E-state index contributed by atoms with van der Waals surface area (Å²) in [4.78, 5) is 25.1. The van der Waals surface area contributed by atoms with Crippen molar-refractivity contribution in [1.82, 2.24) is 4.90 Å². The summed E-state index contributed by atoms with van der Waals surface area (Å²) in [6.07, 6.45) is -0.378. The molecule has 1 fully saturated rings. The number of carboxylic acids is 1. The number of benzene rings is 2. The molecule has 0 radical (unpaired) electrons. The number of rotatable bonds is 3. The van der Waals surface area contributed by atoms with Gasteiger partial charge in [0.1, 0.15) is 11.9 Å². The van der Waals surface area contributed by atoms with Gasteiger partial charge in [-0.3, -0.25) is 4.79 Å². The molecule has 0 saturated carbocycles. The molecule has 1 amide bonds. The van der Waals surface area contributed by atoms with Crippen LogP contribution in [0.3, 0.4) is 0 Å². The molecule has 1 N–H and O–H groups in total. The van der Waals surface area contributed by atoms with Gasteiger partial charge in [0.05, 0.1) is 18.7 Å². The molecule has 1 heterocycles. The predicted octanol–water partition coefficient (Wildman–Crippen LogP) is 2.74. The van der Waals surface area contributed by atoms with Crippen LogP contribution >= 0.6 is 0 Å².